The number of carbonyl (C=O) groups excluding carboxylic acids is 3. The highest BCUT2D eigenvalue weighted by molar-refractivity contribution is 5.85. The normalized spacial score (nSPS) is 20.6. The quantitative estimate of drug-likeness (QED) is 0.462. The largest absolute Gasteiger partial charge is 0.379 e. The summed E-state index contributed by atoms with van der Waals surface area (Å²) in [5, 5.41) is 5.57. The number of amides is 2. The van der Waals surface area contributed by atoms with Crippen LogP contribution in [0.4, 0.5) is 0 Å². The predicted molar refractivity (Wildman–Crippen MR) is 112 cm³/mol. The molecule has 1 saturated carbocycles. The Balaban J connectivity index is 0. The molecule has 0 aromatic rings. The van der Waals surface area contributed by atoms with E-state index in [1.54, 1.807) is 0 Å². The number of hydrogen-bond donors (Lipinski definition) is 2. The fraction of sp³-hybridized carbons (Fsp3) is 0.857. The van der Waals surface area contributed by atoms with Gasteiger partial charge < -0.3 is 20.1 Å². The first-order valence-electron chi connectivity index (χ1n) is 10.6. The molecular weight excluding hydrogens is 360 g/mol. The van der Waals surface area contributed by atoms with Gasteiger partial charge in [0.25, 0.3) is 0 Å². The van der Waals surface area contributed by atoms with Crippen molar-refractivity contribution in [1.29, 1.82) is 0 Å². The Kier molecular flexibility index (Phi) is 12.0. The lowest BCUT2D eigenvalue weighted by atomic mass is 9.79. The molecule has 166 valence electrons. The minimum absolute atomic E-state index is 0. The summed E-state index contributed by atoms with van der Waals surface area (Å²) in [5.74, 6) is 0.225. The van der Waals surface area contributed by atoms with E-state index in [0.717, 1.165) is 32.1 Å². The zero-order valence-corrected chi connectivity index (χ0v) is 17.9. The number of carbonyl (C=O) groups is 3. The van der Waals surface area contributed by atoms with Gasteiger partial charge in [-0.3, -0.25) is 14.4 Å². The third-order valence-corrected chi connectivity index (χ3v) is 5.19. The van der Waals surface area contributed by atoms with Crippen LogP contribution in [0.5, 0.6) is 0 Å². The molecule has 2 N–H and O–H groups in total. The fourth-order valence-electron chi connectivity index (χ4n) is 3.28. The molecule has 0 aromatic heterocycles. The third-order valence-electron chi connectivity index (χ3n) is 5.19. The lowest BCUT2D eigenvalue weighted by Gasteiger charge is -2.29. The van der Waals surface area contributed by atoms with Gasteiger partial charge >= 0.3 is 0 Å². The molecule has 1 fully saturated rings. The minimum Gasteiger partial charge on any atom is -0.379 e. The van der Waals surface area contributed by atoms with Gasteiger partial charge in [-0.2, -0.15) is 0 Å². The Morgan fingerprint density at radius 1 is 1.00 bits per heavy atom. The van der Waals surface area contributed by atoms with Crippen LogP contribution in [0.1, 0.15) is 69.1 Å². The Morgan fingerprint density at radius 2 is 1.68 bits per heavy atom. The second-order valence-electron chi connectivity index (χ2n) is 7.89. The number of ether oxygens (including phenoxy) is 2. The highest BCUT2D eigenvalue weighted by Gasteiger charge is 2.28. The van der Waals surface area contributed by atoms with Crippen molar-refractivity contribution >= 4 is 17.6 Å². The van der Waals surface area contributed by atoms with Crippen molar-refractivity contribution in [3.05, 3.63) is 0 Å². The lowest BCUT2D eigenvalue weighted by Crippen LogP contribution is -2.44. The predicted octanol–water partition coefficient (Wildman–Crippen LogP) is 2.72. The van der Waals surface area contributed by atoms with Crippen LogP contribution in [0.2, 0.25) is 0 Å². The van der Waals surface area contributed by atoms with Crippen LogP contribution in [0.15, 0.2) is 0 Å². The standard InChI is InChI=1S/C21H38N2O5.2H2/c1-5-16(4)21(26)17-6-8-18(9-7-17)23-20(25)14-22-19(24)10-11-27-12-13-28-15(2)3;;/h15-18H,5-14H2,1-4H3,(H,22,24)(H,23,25);2*1H. The van der Waals surface area contributed by atoms with Crippen LogP contribution in [0.25, 0.3) is 0 Å². The molecule has 28 heavy (non-hydrogen) atoms. The Labute approximate surface area is 172 Å². The highest BCUT2D eigenvalue weighted by atomic mass is 16.5. The van der Waals surface area contributed by atoms with Gasteiger partial charge in [0.05, 0.1) is 32.5 Å². The van der Waals surface area contributed by atoms with Gasteiger partial charge in [-0.05, 0) is 46.0 Å². The molecule has 0 radical (unpaired) electrons. The van der Waals surface area contributed by atoms with Crippen LogP contribution < -0.4 is 10.6 Å². The van der Waals surface area contributed by atoms with Crippen molar-refractivity contribution in [2.75, 3.05) is 26.4 Å². The Hall–Kier alpha value is -1.47. The summed E-state index contributed by atoms with van der Waals surface area (Å²) in [6.07, 6.45) is 4.57. The van der Waals surface area contributed by atoms with E-state index in [1.807, 2.05) is 27.7 Å². The van der Waals surface area contributed by atoms with Crippen molar-refractivity contribution < 1.29 is 26.7 Å². The summed E-state index contributed by atoms with van der Waals surface area (Å²) in [6, 6.07) is 0.0923. The van der Waals surface area contributed by atoms with E-state index >= 15 is 0 Å². The number of rotatable bonds is 13. The van der Waals surface area contributed by atoms with Crippen molar-refractivity contribution in [2.24, 2.45) is 11.8 Å². The molecule has 0 aliphatic heterocycles. The second-order valence-corrected chi connectivity index (χ2v) is 7.89. The van der Waals surface area contributed by atoms with Gasteiger partial charge in [-0.15, -0.1) is 0 Å². The van der Waals surface area contributed by atoms with Gasteiger partial charge in [0.2, 0.25) is 11.8 Å². The number of ketones is 1. The topological polar surface area (TPSA) is 93.7 Å². The maximum atomic E-state index is 12.3. The van der Waals surface area contributed by atoms with Crippen LogP contribution in [0, 0.1) is 11.8 Å². The van der Waals surface area contributed by atoms with Gasteiger partial charge in [-0.25, -0.2) is 0 Å². The number of nitrogens with one attached hydrogen (secondary N) is 2. The van der Waals surface area contributed by atoms with E-state index in [9.17, 15) is 14.4 Å². The summed E-state index contributed by atoms with van der Waals surface area (Å²) in [6.45, 7) is 9.18. The van der Waals surface area contributed by atoms with Gasteiger partial charge in [0.1, 0.15) is 5.78 Å². The molecule has 1 unspecified atom stereocenters. The van der Waals surface area contributed by atoms with Gasteiger partial charge in [0, 0.05) is 27.2 Å². The molecule has 0 bridgehead atoms. The van der Waals surface area contributed by atoms with Crippen molar-refractivity contribution in [2.45, 2.75) is 78.4 Å². The average molecular weight is 403 g/mol. The molecule has 2 amide bonds. The molecule has 1 aliphatic carbocycles. The summed E-state index contributed by atoms with van der Waals surface area (Å²) >= 11 is 0. The van der Waals surface area contributed by atoms with E-state index in [2.05, 4.69) is 10.6 Å². The van der Waals surface area contributed by atoms with Gasteiger partial charge in [-0.1, -0.05) is 13.8 Å². The first-order chi connectivity index (χ1) is 13.3. The summed E-state index contributed by atoms with van der Waals surface area (Å²) in [7, 11) is 0. The van der Waals surface area contributed by atoms with E-state index in [4.69, 9.17) is 9.47 Å². The monoisotopic (exact) mass is 402 g/mol. The molecule has 7 heteroatoms. The zero-order chi connectivity index (χ0) is 20.9. The molecule has 1 aliphatic rings. The van der Waals surface area contributed by atoms with Crippen LogP contribution >= 0.6 is 0 Å². The van der Waals surface area contributed by atoms with Crippen LogP contribution in [-0.4, -0.2) is 56.1 Å². The smallest absolute Gasteiger partial charge is 0.239 e. The first-order valence-corrected chi connectivity index (χ1v) is 10.6. The first kappa shape index (κ1) is 24.6. The highest BCUT2D eigenvalue weighted by Crippen LogP contribution is 2.27. The Morgan fingerprint density at radius 3 is 2.29 bits per heavy atom. The maximum absolute atomic E-state index is 12.3. The minimum atomic E-state index is -0.206. The average Bonchev–Trinajstić information content (AvgIpc) is 2.68. The molecule has 0 saturated heterocycles. The molecule has 0 heterocycles. The van der Waals surface area contributed by atoms with Crippen molar-refractivity contribution in [1.82, 2.24) is 10.6 Å². The molecule has 0 aromatic carbocycles. The fourth-order valence-corrected chi connectivity index (χ4v) is 3.28. The van der Waals surface area contributed by atoms with E-state index in [0.29, 0.717) is 25.6 Å². The van der Waals surface area contributed by atoms with E-state index < -0.39 is 0 Å². The molecule has 1 atom stereocenters. The molecule has 0 spiro atoms. The molecule has 1 rings (SSSR count). The molecule has 7 nitrogen and oxygen atoms in total. The van der Waals surface area contributed by atoms with Crippen molar-refractivity contribution in [3.8, 4) is 0 Å². The second kappa shape index (κ2) is 13.7. The summed E-state index contributed by atoms with van der Waals surface area (Å²) in [5.41, 5.74) is 0. The van der Waals surface area contributed by atoms with E-state index in [1.165, 1.54) is 0 Å². The summed E-state index contributed by atoms with van der Waals surface area (Å²) in [4.78, 5) is 36.0. The third kappa shape index (κ3) is 10.2. The number of hydrogen-bond acceptors (Lipinski definition) is 5. The van der Waals surface area contributed by atoms with Crippen LogP contribution in [0.3, 0.4) is 0 Å². The lowest BCUT2D eigenvalue weighted by molar-refractivity contribution is -0.128. The van der Waals surface area contributed by atoms with Crippen LogP contribution in [-0.2, 0) is 23.9 Å². The number of Topliss-reactive ketones (excluding diaryl/α,β-unsaturated/α-hetero) is 1. The van der Waals surface area contributed by atoms with Crippen molar-refractivity contribution in [3.63, 3.8) is 0 Å². The maximum Gasteiger partial charge on any atom is 0.239 e. The zero-order valence-electron chi connectivity index (χ0n) is 17.9. The Bertz CT molecular complexity index is 498. The van der Waals surface area contributed by atoms with Gasteiger partial charge in [0.15, 0.2) is 0 Å². The SMILES string of the molecule is CCC(C)C(=O)C1CCC(NC(=O)CNC(=O)CCOCCOC(C)C)CC1.[HH].[HH]. The van der Waals surface area contributed by atoms with E-state index in [-0.39, 0.29) is 51.6 Å². The molecular formula is C21H42N2O5. The summed E-state index contributed by atoms with van der Waals surface area (Å²) < 4.78 is 10.7.